The maximum Gasteiger partial charge on any atom is 0.325 e. The second-order valence-corrected chi connectivity index (χ2v) is 9.11. The van der Waals surface area contributed by atoms with Gasteiger partial charge in [0.15, 0.2) is 11.4 Å². The van der Waals surface area contributed by atoms with Crippen molar-refractivity contribution in [2.24, 2.45) is 0 Å². The minimum absolute atomic E-state index is 0.192. The second kappa shape index (κ2) is 8.60. The smallest absolute Gasteiger partial charge is 0.325 e. The Morgan fingerprint density at radius 3 is 2.57 bits per heavy atom. The van der Waals surface area contributed by atoms with Gasteiger partial charge in [-0.2, -0.15) is 5.10 Å². The molecule has 1 amide bonds. The van der Waals surface area contributed by atoms with Gasteiger partial charge in [-0.15, -0.1) is 0 Å². The summed E-state index contributed by atoms with van der Waals surface area (Å²) in [7, 11) is 0. The maximum absolute atomic E-state index is 13.2. The van der Waals surface area contributed by atoms with E-state index >= 15 is 0 Å². The molecule has 9 heteroatoms. The van der Waals surface area contributed by atoms with E-state index in [2.05, 4.69) is 41.0 Å². The minimum atomic E-state index is -0.374. The molecule has 0 aliphatic rings. The molecule has 0 fully saturated rings. The molecule has 0 spiro atoms. The van der Waals surface area contributed by atoms with Gasteiger partial charge in [0, 0.05) is 29.3 Å². The number of pyridine rings is 1. The predicted octanol–water partition coefficient (Wildman–Crippen LogP) is 4.78. The standard InChI is InChI=1S/C26H24N6O3/c1-26(2,3)20-15-21(32(31-20)17-9-5-4-6-10-17)28-24(33)16-8-7-11-18(14-16)35-19-12-13-27-23-22(19)29-25(34)30-23/h4-15H,1-3H3,(H,28,33)(H2,27,29,30,34). The first-order chi connectivity index (χ1) is 16.8. The molecular formula is C26H24N6O3. The number of fused-ring (bicyclic) bond motifs is 1. The molecule has 0 radical (unpaired) electrons. The molecule has 0 aliphatic carbocycles. The average molecular weight is 469 g/mol. The highest BCUT2D eigenvalue weighted by molar-refractivity contribution is 6.04. The second-order valence-electron chi connectivity index (χ2n) is 9.11. The number of hydrogen-bond acceptors (Lipinski definition) is 5. The summed E-state index contributed by atoms with van der Waals surface area (Å²) >= 11 is 0. The summed E-state index contributed by atoms with van der Waals surface area (Å²) in [6, 6.07) is 20.0. The van der Waals surface area contributed by atoms with E-state index in [9.17, 15) is 9.59 Å². The van der Waals surface area contributed by atoms with Crippen LogP contribution in [-0.4, -0.2) is 30.6 Å². The Morgan fingerprint density at radius 1 is 1.00 bits per heavy atom. The lowest BCUT2D eigenvalue weighted by atomic mass is 9.92. The molecule has 9 nitrogen and oxygen atoms in total. The summed E-state index contributed by atoms with van der Waals surface area (Å²) in [6.45, 7) is 6.22. The van der Waals surface area contributed by atoms with Crippen LogP contribution in [0.25, 0.3) is 16.9 Å². The number of imidazole rings is 1. The Morgan fingerprint density at radius 2 is 1.80 bits per heavy atom. The van der Waals surface area contributed by atoms with Crippen LogP contribution in [0, 0.1) is 0 Å². The van der Waals surface area contributed by atoms with E-state index in [-0.39, 0.29) is 17.0 Å². The monoisotopic (exact) mass is 468 g/mol. The van der Waals surface area contributed by atoms with Gasteiger partial charge in [0.1, 0.15) is 17.1 Å². The highest BCUT2D eigenvalue weighted by Gasteiger charge is 2.22. The van der Waals surface area contributed by atoms with E-state index in [0.717, 1.165) is 11.4 Å². The first kappa shape index (κ1) is 22.1. The van der Waals surface area contributed by atoms with Crippen LogP contribution >= 0.6 is 0 Å². The van der Waals surface area contributed by atoms with Crippen LogP contribution in [-0.2, 0) is 5.41 Å². The van der Waals surface area contributed by atoms with Crippen LogP contribution in [0.15, 0.2) is 77.7 Å². The molecule has 0 saturated heterocycles. The number of nitrogens with one attached hydrogen (secondary N) is 3. The number of nitrogens with zero attached hydrogens (tertiary/aromatic N) is 3. The average Bonchev–Trinajstić information content (AvgIpc) is 3.43. The predicted molar refractivity (Wildman–Crippen MR) is 133 cm³/mol. The molecule has 176 valence electrons. The van der Waals surface area contributed by atoms with Gasteiger partial charge in [0.25, 0.3) is 5.91 Å². The zero-order valence-corrected chi connectivity index (χ0v) is 19.5. The van der Waals surface area contributed by atoms with E-state index < -0.39 is 0 Å². The highest BCUT2D eigenvalue weighted by Crippen LogP contribution is 2.28. The van der Waals surface area contributed by atoms with Crippen LogP contribution in [0.1, 0.15) is 36.8 Å². The Balaban J connectivity index is 1.43. The van der Waals surface area contributed by atoms with Crippen molar-refractivity contribution in [1.29, 1.82) is 0 Å². The fourth-order valence-corrected chi connectivity index (χ4v) is 3.62. The quantitative estimate of drug-likeness (QED) is 0.343. The molecule has 3 N–H and O–H groups in total. The third kappa shape index (κ3) is 4.56. The number of aromatic amines is 2. The molecule has 5 aromatic rings. The lowest BCUT2D eigenvalue weighted by Crippen LogP contribution is -2.15. The van der Waals surface area contributed by atoms with Gasteiger partial charge in [-0.25, -0.2) is 14.5 Å². The summed E-state index contributed by atoms with van der Waals surface area (Å²) in [5.41, 5.74) is 2.39. The lowest BCUT2D eigenvalue weighted by Gasteiger charge is -2.14. The van der Waals surface area contributed by atoms with Crippen molar-refractivity contribution in [3.8, 4) is 17.2 Å². The van der Waals surface area contributed by atoms with Crippen LogP contribution in [0.3, 0.4) is 0 Å². The van der Waals surface area contributed by atoms with E-state index in [1.165, 1.54) is 6.20 Å². The van der Waals surface area contributed by atoms with Crippen molar-refractivity contribution in [2.45, 2.75) is 26.2 Å². The van der Waals surface area contributed by atoms with Crippen molar-refractivity contribution in [3.63, 3.8) is 0 Å². The Labute approximate surface area is 200 Å². The summed E-state index contributed by atoms with van der Waals surface area (Å²) in [4.78, 5) is 34.2. The zero-order chi connectivity index (χ0) is 24.6. The number of ether oxygens (including phenoxy) is 1. The van der Waals surface area contributed by atoms with Crippen molar-refractivity contribution >= 4 is 22.9 Å². The first-order valence-electron chi connectivity index (χ1n) is 11.1. The van der Waals surface area contributed by atoms with E-state index in [1.54, 1.807) is 35.0 Å². The molecule has 3 aromatic heterocycles. The summed E-state index contributed by atoms with van der Waals surface area (Å²) in [6.07, 6.45) is 1.54. The number of benzene rings is 2. The number of carbonyl (C=O) groups is 1. The van der Waals surface area contributed by atoms with Crippen LogP contribution in [0.2, 0.25) is 0 Å². The van der Waals surface area contributed by atoms with Gasteiger partial charge in [0.05, 0.1) is 11.4 Å². The van der Waals surface area contributed by atoms with Crippen molar-refractivity contribution in [2.75, 3.05) is 5.32 Å². The van der Waals surface area contributed by atoms with Gasteiger partial charge in [0.2, 0.25) is 0 Å². The van der Waals surface area contributed by atoms with Crippen LogP contribution < -0.4 is 15.7 Å². The number of carbonyl (C=O) groups excluding carboxylic acids is 1. The molecule has 0 saturated carbocycles. The molecule has 35 heavy (non-hydrogen) atoms. The van der Waals surface area contributed by atoms with Gasteiger partial charge < -0.3 is 15.0 Å². The fourth-order valence-electron chi connectivity index (χ4n) is 3.62. The van der Waals surface area contributed by atoms with E-state index in [4.69, 9.17) is 9.84 Å². The zero-order valence-electron chi connectivity index (χ0n) is 19.5. The lowest BCUT2D eigenvalue weighted by molar-refractivity contribution is 0.102. The third-order valence-electron chi connectivity index (χ3n) is 5.43. The van der Waals surface area contributed by atoms with Gasteiger partial charge in [-0.3, -0.25) is 9.78 Å². The number of H-pyrrole nitrogens is 2. The van der Waals surface area contributed by atoms with Crippen LogP contribution in [0.4, 0.5) is 5.82 Å². The molecule has 3 heterocycles. The summed E-state index contributed by atoms with van der Waals surface area (Å²) < 4.78 is 7.69. The van der Waals surface area contributed by atoms with E-state index in [1.807, 2.05) is 36.4 Å². The number of rotatable bonds is 5. The first-order valence-corrected chi connectivity index (χ1v) is 11.1. The maximum atomic E-state index is 13.2. The normalized spacial score (nSPS) is 11.5. The van der Waals surface area contributed by atoms with Gasteiger partial charge >= 0.3 is 5.69 Å². The number of amides is 1. The molecule has 2 aromatic carbocycles. The molecule has 0 bridgehead atoms. The number of aromatic nitrogens is 5. The van der Waals surface area contributed by atoms with Crippen molar-refractivity contribution < 1.29 is 9.53 Å². The van der Waals surface area contributed by atoms with Crippen molar-refractivity contribution in [3.05, 3.63) is 94.7 Å². The largest absolute Gasteiger partial charge is 0.455 e. The van der Waals surface area contributed by atoms with Gasteiger partial charge in [-0.1, -0.05) is 45.0 Å². The Hall–Kier alpha value is -4.66. The number of hydrogen-bond donors (Lipinski definition) is 3. The van der Waals surface area contributed by atoms with Crippen molar-refractivity contribution in [1.82, 2.24) is 24.7 Å². The third-order valence-corrected chi connectivity index (χ3v) is 5.43. The molecule has 0 aliphatic heterocycles. The van der Waals surface area contributed by atoms with E-state index in [0.29, 0.717) is 34.0 Å². The summed E-state index contributed by atoms with van der Waals surface area (Å²) in [5.74, 6) is 1.13. The molecule has 0 atom stereocenters. The van der Waals surface area contributed by atoms with Crippen LogP contribution in [0.5, 0.6) is 11.5 Å². The number of para-hydroxylation sites is 1. The summed E-state index contributed by atoms with van der Waals surface area (Å²) in [5, 5.41) is 7.73. The molecule has 0 unspecified atom stereocenters. The minimum Gasteiger partial charge on any atom is -0.455 e. The topological polar surface area (TPSA) is 118 Å². The number of anilines is 1. The molecule has 5 rings (SSSR count). The van der Waals surface area contributed by atoms with Gasteiger partial charge in [-0.05, 0) is 30.3 Å². The molecular weight excluding hydrogens is 444 g/mol. The Kier molecular flexibility index (Phi) is 5.44. The Bertz CT molecular complexity index is 1570. The fraction of sp³-hybridized carbons (Fsp3) is 0.154. The highest BCUT2D eigenvalue weighted by atomic mass is 16.5. The SMILES string of the molecule is CC(C)(C)c1cc(NC(=O)c2cccc(Oc3ccnc4[nH]c(=O)[nH]c34)c2)n(-c2ccccc2)n1.